The predicted molar refractivity (Wildman–Crippen MR) is 99.7 cm³/mol. The van der Waals surface area contributed by atoms with E-state index in [-0.39, 0.29) is 10.1 Å². The summed E-state index contributed by atoms with van der Waals surface area (Å²) < 4.78 is 34.3. The van der Waals surface area contributed by atoms with Gasteiger partial charge in [-0.3, -0.25) is 4.90 Å². The van der Waals surface area contributed by atoms with Crippen LogP contribution < -0.4 is 9.64 Å². The molecule has 1 aliphatic rings. The minimum absolute atomic E-state index is 0.123. The molecule has 1 atom stereocenters. The maximum atomic E-state index is 12.6. The summed E-state index contributed by atoms with van der Waals surface area (Å²) in [5, 5.41) is 10.5. The minimum Gasteiger partial charge on any atom is -0.497 e. The Balaban J connectivity index is 1.99. The van der Waals surface area contributed by atoms with Crippen LogP contribution in [0.5, 0.6) is 5.75 Å². The number of sulfonamides is 1. The van der Waals surface area contributed by atoms with Crippen LogP contribution in [0.15, 0.2) is 57.8 Å². The first-order valence-corrected chi connectivity index (χ1v) is 9.99. The summed E-state index contributed by atoms with van der Waals surface area (Å²) in [6, 6.07) is 13.6. The fraction of sp³-hybridized carbons (Fsp3) is 0.235. The molecule has 3 rings (SSSR count). The van der Waals surface area contributed by atoms with E-state index in [1.807, 2.05) is 6.92 Å². The first kappa shape index (κ1) is 17.8. The summed E-state index contributed by atoms with van der Waals surface area (Å²) in [6.07, 6.45) is -0.857. The molecule has 1 N–H and O–H groups in total. The van der Waals surface area contributed by atoms with Crippen molar-refractivity contribution in [2.45, 2.75) is 18.0 Å². The summed E-state index contributed by atoms with van der Waals surface area (Å²) in [7, 11) is -2.31. The van der Waals surface area contributed by atoms with Gasteiger partial charge in [0.1, 0.15) is 12.0 Å². The second kappa shape index (κ2) is 7.07. The normalized spacial score (nSPS) is 19.4. The van der Waals surface area contributed by atoms with E-state index in [9.17, 15) is 13.5 Å². The maximum absolute atomic E-state index is 12.6. The lowest BCUT2D eigenvalue weighted by atomic mass is 10.2. The zero-order chi connectivity index (χ0) is 18.0. The van der Waals surface area contributed by atoms with Crippen molar-refractivity contribution < 1.29 is 18.3 Å². The molecule has 0 amide bonds. The fourth-order valence-electron chi connectivity index (χ4n) is 2.40. The van der Waals surface area contributed by atoms with Gasteiger partial charge in [-0.15, -0.1) is 4.40 Å². The summed E-state index contributed by atoms with van der Waals surface area (Å²) in [5.41, 5.74) is 1.59. The highest BCUT2D eigenvalue weighted by atomic mass is 32.2. The Kier molecular flexibility index (Phi) is 5.03. The molecule has 1 aliphatic heterocycles. The molecule has 0 bridgehead atoms. The van der Waals surface area contributed by atoms with Crippen LogP contribution in [-0.2, 0) is 10.0 Å². The van der Waals surface area contributed by atoms with Gasteiger partial charge in [0, 0.05) is 17.5 Å². The van der Waals surface area contributed by atoms with Gasteiger partial charge in [0.2, 0.25) is 0 Å². The van der Waals surface area contributed by atoms with E-state index in [0.717, 1.165) is 5.56 Å². The van der Waals surface area contributed by atoms with Gasteiger partial charge in [0.15, 0.2) is 5.17 Å². The van der Waals surface area contributed by atoms with Crippen LogP contribution in [0.2, 0.25) is 0 Å². The third-order valence-electron chi connectivity index (χ3n) is 3.71. The number of amidine groups is 1. The Bertz CT molecular complexity index is 895. The molecule has 0 spiro atoms. The maximum Gasteiger partial charge on any atom is 0.284 e. The lowest BCUT2D eigenvalue weighted by Gasteiger charge is -2.22. The van der Waals surface area contributed by atoms with Gasteiger partial charge in [-0.1, -0.05) is 35.5 Å². The predicted octanol–water partition coefficient (Wildman–Crippen LogP) is 2.62. The Hall–Kier alpha value is -2.03. The van der Waals surface area contributed by atoms with Crippen LogP contribution in [0.4, 0.5) is 5.69 Å². The van der Waals surface area contributed by atoms with E-state index in [0.29, 0.717) is 17.2 Å². The molecule has 2 aromatic rings. The first-order valence-electron chi connectivity index (χ1n) is 7.56. The van der Waals surface area contributed by atoms with Crippen molar-refractivity contribution >= 4 is 32.6 Å². The van der Waals surface area contributed by atoms with Crippen LogP contribution in [0.25, 0.3) is 0 Å². The molecular weight excluding hydrogens is 360 g/mol. The topological polar surface area (TPSA) is 79.2 Å². The van der Waals surface area contributed by atoms with Crippen LogP contribution >= 0.6 is 11.8 Å². The van der Waals surface area contributed by atoms with Gasteiger partial charge in [0.05, 0.1) is 12.0 Å². The van der Waals surface area contributed by atoms with Crippen molar-refractivity contribution in [1.29, 1.82) is 0 Å². The van der Waals surface area contributed by atoms with Crippen molar-refractivity contribution in [3.05, 3.63) is 54.1 Å². The van der Waals surface area contributed by atoms with Gasteiger partial charge in [-0.25, -0.2) is 0 Å². The first-order chi connectivity index (χ1) is 11.9. The Morgan fingerprint density at radius 2 is 1.96 bits per heavy atom. The highest BCUT2D eigenvalue weighted by Crippen LogP contribution is 2.32. The number of ether oxygens (including phenoxy) is 1. The van der Waals surface area contributed by atoms with Gasteiger partial charge in [-0.2, -0.15) is 8.42 Å². The molecule has 2 aromatic carbocycles. The summed E-state index contributed by atoms with van der Waals surface area (Å²) in [6.45, 7) is 1.88. The second-order valence-corrected chi connectivity index (χ2v) is 8.12. The number of hydrogen-bond acceptors (Lipinski definition) is 5. The van der Waals surface area contributed by atoms with Crippen molar-refractivity contribution in [3.8, 4) is 5.75 Å². The van der Waals surface area contributed by atoms with Crippen molar-refractivity contribution in [2.24, 2.45) is 4.40 Å². The lowest BCUT2D eigenvalue weighted by Crippen LogP contribution is -2.34. The molecular formula is C17H18N2O4S2. The van der Waals surface area contributed by atoms with E-state index in [4.69, 9.17) is 4.74 Å². The van der Waals surface area contributed by atoms with E-state index >= 15 is 0 Å². The largest absolute Gasteiger partial charge is 0.497 e. The number of anilines is 1. The van der Waals surface area contributed by atoms with E-state index in [2.05, 4.69) is 4.40 Å². The number of aryl methyl sites for hydroxylation is 1. The number of aliphatic hydroxyl groups is 1. The van der Waals surface area contributed by atoms with Crippen molar-refractivity contribution in [3.63, 3.8) is 0 Å². The fourth-order valence-corrected chi connectivity index (χ4v) is 4.60. The number of rotatable bonds is 4. The van der Waals surface area contributed by atoms with E-state index in [1.165, 1.54) is 28.8 Å². The van der Waals surface area contributed by atoms with Crippen LogP contribution in [0.3, 0.4) is 0 Å². The van der Waals surface area contributed by atoms with Gasteiger partial charge >= 0.3 is 0 Å². The third kappa shape index (κ3) is 3.81. The average Bonchev–Trinajstić information content (AvgIpc) is 2.95. The molecule has 132 valence electrons. The zero-order valence-electron chi connectivity index (χ0n) is 13.8. The zero-order valence-corrected chi connectivity index (χ0v) is 15.4. The number of thioether (sulfide) groups is 1. The molecule has 0 aliphatic carbocycles. The van der Waals surface area contributed by atoms with Gasteiger partial charge < -0.3 is 9.84 Å². The molecule has 8 heteroatoms. The number of nitrogens with zero attached hydrogens (tertiary/aromatic N) is 2. The molecule has 0 aromatic heterocycles. The second-order valence-electron chi connectivity index (χ2n) is 5.53. The minimum atomic E-state index is -3.86. The number of aliphatic hydroxyl groups excluding tert-OH is 1. The monoisotopic (exact) mass is 378 g/mol. The molecule has 6 nitrogen and oxygen atoms in total. The molecule has 1 heterocycles. The molecule has 1 unspecified atom stereocenters. The van der Waals surface area contributed by atoms with E-state index < -0.39 is 16.3 Å². The Morgan fingerprint density at radius 3 is 2.64 bits per heavy atom. The highest BCUT2D eigenvalue weighted by molar-refractivity contribution is 8.15. The van der Waals surface area contributed by atoms with Crippen molar-refractivity contribution in [2.75, 3.05) is 17.8 Å². The average molecular weight is 378 g/mol. The molecule has 0 radical (unpaired) electrons. The number of benzene rings is 2. The quantitative estimate of drug-likeness (QED) is 0.881. The van der Waals surface area contributed by atoms with Crippen LogP contribution in [0, 0.1) is 6.92 Å². The van der Waals surface area contributed by atoms with Crippen molar-refractivity contribution in [1.82, 2.24) is 0 Å². The third-order valence-corrected chi connectivity index (χ3v) is 6.12. The standard InChI is InChI=1S/C17H18N2O4S2/c1-12-6-8-15(9-7-12)25(21,22)18-17-19(16(20)11-24-17)13-4-3-5-14(10-13)23-2/h3-10,16,20H,11H2,1-2H3/b18-17+. The summed E-state index contributed by atoms with van der Waals surface area (Å²) in [5.74, 6) is 0.946. The molecule has 25 heavy (non-hydrogen) atoms. The highest BCUT2D eigenvalue weighted by Gasteiger charge is 2.32. The van der Waals surface area contributed by atoms with E-state index in [1.54, 1.807) is 43.5 Å². The number of methoxy groups -OCH3 is 1. The Labute approximate surface area is 151 Å². The Morgan fingerprint density at radius 1 is 1.24 bits per heavy atom. The molecule has 1 fully saturated rings. The van der Waals surface area contributed by atoms with Crippen LogP contribution in [0.1, 0.15) is 5.56 Å². The SMILES string of the molecule is COc1cccc(N2/C(=N\S(=O)(=O)c3ccc(C)cc3)SCC2O)c1. The summed E-state index contributed by atoms with van der Waals surface area (Å²) in [4.78, 5) is 1.62. The summed E-state index contributed by atoms with van der Waals surface area (Å²) >= 11 is 1.20. The molecule has 1 saturated heterocycles. The lowest BCUT2D eigenvalue weighted by molar-refractivity contribution is 0.213. The smallest absolute Gasteiger partial charge is 0.284 e. The van der Waals surface area contributed by atoms with Gasteiger partial charge in [0.25, 0.3) is 10.0 Å². The van der Waals surface area contributed by atoms with Gasteiger partial charge in [-0.05, 0) is 31.2 Å². The van der Waals surface area contributed by atoms with Crippen LogP contribution in [-0.4, -0.2) is 37.8 Å². The molecule has 0 saturated carbocycles. The number of hydrogen-bond donors (Lipinski definition) is 1.